The molecule has 4 rings (SSSR count). The van der Waals surface area contributed by atoms with E-state index in [9.17, 15) is 5.11 Å². The summed E-state index contributed by atoms with van der Waals surface area (Å²) in [4.78, 5) is 5.28. The first kappa shape index (κ1) is 19.7. The minimum Gasteiger partial charge on any atom is -0.496 e. The number of methoxy groups -OCH3 is 1. The van der Waals surface area contributed by atoms with Crippen LogP contribution >= 0.6 is 11.3 Å². The summed E-state index contributed by atoms with van der Waals surface area (Å²) in [6.45, 7) is 1.19. The lowest BCUT2D eigenvalue weighted by atomic mass is 9.95. The van der Waals surface area contributed by atoms with Gasteiger partial charge in [0.15, 0.2) is 5.96 Å². The van der Waals surface area contributed by atoms with Crippen molar-refractivity contribution in [1.29, 1.82) is 0 Å². The highest BCUT2D eigenvalue weighted by molar-refractivity contribution is 7.19. The van der Waals surface area contributed by atoms with Crippen molar-refractivity contribution in [1.82, 2.24) is 10.6 Å². The number of nitrogens with one attached hydrogen (secondary N) is 2. The second kappa shape index (κ2) is 8.43. The number of guanidine groups is 1. The van der Waals surface area contributed by atoms with Gasteiger partial charge in [0.05, 0.1) is 7.11 Å². The second-order valence-electron chi connectivity index (χ2n) is 7.49. The molecule has 3 aromatic rings. The molecular weight excluding hydrogens is 382 g/mol. The number of aliphatic hydroxyl groups excluding tert-OH is 1. The number of ether oxygens (including phenoxy) is 1. The first-order chi connectivity index (χ1) is 14.1. The maximum Gasteiger partial charge on any atom is 0.191 e. The molecule has 1 heterocycles. The lowest BCUT2D eigenvalue weighted by molar-refractivity contribution is 0.184. The summed E-state index contributed by atoms with van der Waals surface area (Å²) in [5.74, 6) is 1.64. The molecule has 1 saturated carbocycles. The first-order valence-corrected chi connectivity index (χ1v) is 10.7. The molecule has 0 amide bonds. The molecule has 29 heavy (non-hydrogen) atoms. The van der Waals surface area contributed by atoms with Crippen LogP contribution in [0.5, 0.6) is 5.75 Å². The molecule has 1 fully saturated rings. The lowest BCUT2D eigenvalue weighted by Gasteiger charge is -2.21. The van der Waals surface area contributed by atoms with Crippen molar-refractivity contribution in [2.75, 3.05) is 27.2 Å². The number of aliphatic imine (C=N–C) groups is 1. The van der Waals surface area contributed by atoms with Crippen molar-refractivity contribution in [2.45, 2.75) is 24.4 Å². The van der Waals surface area contributed by atoms with Gasteiger partial charge < -0.3 is 20.5 Å². The van der Waals surface area contributed by atoms with Crippen molar-refractivity contribution in [3.8, 4) is 5.75 Å². The fourth-order valence-corrected chi connectivity index (χ4v) is 4.76. The summed E-state index contributed by atoms with van der Waals surface area (Å²) in [5, 5.41) is 18.5. The monoisotopic (exact) mass is 409 g/mol. The fraction of sp³-hybridized carbons (Fsp3) is 0.348. The third kappa shape index (κ3) is 4.23. The fourth-order valence-electron chi connectivity index (χ4n) is 3.71. The summed E-state index contributed by atoms with van der Waals surface area (Å²) in [7, 11) is 3.47. The van der Waals surface area contributed by atoms with Gasteiger partial charge in [0, 0.05) is 40.7 Å². The number of fused-ring (bicyclic) bond motifs is 1. The van der Waals surface area contributed by atoms with Gasteiger partial charge in [-0.2, -0.15) is 0 Å². The van der Waals surface area contributed by atoms with Crippen LogP contribution in [-0.4, -0.2) is 38.3 Å². The van der Waals surface area contributed by atoms with E-state index < -0.39 is 6.10 Å². The van der Waals surface area contributed by atoms with E-state index in [-0.39, 0.29) is 5.41 Å². The molecule has 1 aliphatic carbocycles. The van der Waals surface area contributed by atoms with Crippen LogP contribution in [0.1, 0.15) is 29.4 Å². The van der Waals surface area contributed by atoms with Crippen LogP contribution in [-0.2, 0) is 5.41 Å². The summed E-state index contributed by atoms with van der Waals surface area (Å²) in [6.07, 6.45) is 1.68. The van der Waals surface area contributed by atoms with Crippen LogP contribution in [0.4, 0.5) is 0 Å². The van der Waals surface area contributed by atoms with E-state index in [0.717, 1.165) is 30.0 Å². The molecule has 1 aliphatic rings. The molecule has 1 atom stereocenters. The number of hydrogen-bond acceptors (Lipinski definition) is 4. The Morgan fingerprint density at radius 3 is 2.66 bits per heavy atom. The molecule has 5 nitrogen and oxygen atoms in total. The standard InChI is InChI=1S/C23H27N3O2S/c1-24-22(25-14-18(27)21-13-16-7-3-6-10-20(16)29-21)26-15-23(11-12-23)17-8-4-5-9-19(17)28-2/h3-10,13,18,27H,11-12,14-15H2,1-2H3,(H2,24,25,26). The van der Waals surface area contributed by atoms with Gasteiger partial charge in [-0.25, -0.2) is 0 Å². The van der Waals surface area contributed by atoms with Crippen molar-refractivity contribution < 1.29 is 9.84 Å². The molecule has 3 N–H and O–H groups in total. The summed E-state index contributed by atoms with van der Waals surface area (Å²) in [6, 6.07) is 18.5. The Kier molecular flexibility index (Phi) is 5.74. The van der Waals surface area contributed by atoms with Gasteiger partial charge in [0.1, 0.15) is 11.9 Å². The highest BCUT2D eigenvalue weighted by atomic mass is 32.1. The minimum atomic E-state index is -0.574. The maximum absolute atomic E-state index is 10.6. The Morgan fingerprint density at radius 2 is 1.93 bits per heavy atom. The highest BCUT2D eigenvalue weighted by Crippen LogP contribution is 2.50. The molecule has 0 spiro atoms. The Balaban J connectivity index is 1.35. The number of benzene rings is 2. The third-order valence-corrected chi connectivity index (χ3v) is 6.80. The predicted octanol–water partition coefficient (Wildman–Crippen LogP) is 3.84. The molecule has 6 heteroatoms. The number of para-hydroxylation sites is 1. The third-order valence-electron chi connectivity index (χ3n) is 5.59. The molecule has 2 aromatic carbocycles. The predicted molar refractivity (Wildman–Crippen MR) is 120 cm³/mol. The van der Waals surface area contributed by atoms with Crippen molar-refractivity contribution >= 4 is 27.4 Å². The van der Waals surface area contributed by atoms with Gasteiger partial charge in [-0.15, -0.1) is 11.3 Å². The Hall–Kier alpha value is -2.57. The highest BCUT2D eigenvalue weighted by Gasteiger charge is 2.46. The number of hydrogen-bond donors (Lipinski definition) is 3. The van der Waals surface area contributed by atoms with Crippen molar-refractivity contribution in [2.24, 2.45) is 4.99 Å². The van der Waals surface area contributed by atoms with Gasteiger partial charge >= 0.3 is 0 Å². The van der Waals surface area contributed by atoms with Crippen LogP contribution in [0.3, 0.4) is 0 Å². The zero-order chi connectivity index (χ0) is 20.3. The average molecular weight is 410 g/mol. The molecule has 0 bridgehead atoms. The van der Waals surface area contributed by atoms with E-state index in [1.165, 1.54) is 15.6 Å². The number of rotatable bonds is 7. The molecule has 1 unspecified atom stereocenters. The van der Waals surface area contributed by atoms with Crippen LogP contribution < -0.4 is 15.4 Å². The second-order valence-corrected chi connectivity index (χ2v) is 8.61. The Morgan fingerprint density at radius 1 is 1.17 bits per heavy atom. The number of nitrogens with zero attached hydrogens (tertiary/aromatic N) is 1. The summed E-state index contributed by atoms with van der Waals surface area (Å²) in [5.41, 5.74) is 1.34. The lowest BCUT2D eigenvalue weighted by Crippen LogP contribution is -2.42. The molecule has 0 radical (unpaired) electrons. The molecule has 0 aliphatic heterocycles. The average Bonchev–Trinajstić information content (AvgIpc) is 3.42. The van der Waals surface area contributed by atoms with Gasteiger partial charge in [-0.3, -0.25) is 4.99 Å². The molecular formula is C23H27N3O2S. The van der Waals surface area contributed by atoms with Gasteiger partial charge in [0.25, 0.3) is 0 Å². The largest absolute Gasteiger partial charge is 0.496 e. The molecule has 1 aromatic heterocycles. The van der Waals surface area contributed by atoms with Crippen LogP contribution in [0.25, 0.3) is 10.1 Å². The molecule has 152 valence electrons. The van der Waals surface area contributed by atoms with E-state index in [1.807, 2.05) is 24.3 Å². The quantitative estimate of drug-likeness (QED) is 0.410. The molecule has 0 saturated heterocycles. The zero-order valence-electron chi connectivity index (χ0n) is 16.8. The maximum atomic E-state index is 10.6. The van der Waals surface area contributed by atoms with Crippen LogP contribution in [0.2, 0.25) is 0 Å². The SMILES string of the molecule is CN=C(NCC(O)c1cc2ccccc2s1)NCC1(c2ccccc2OC)CC1. The number of aliphatic hydroxyl groups is 1. The van der Waals surface area contributed by atoms with E-state index in [4.69, 9.17) is 4.74 Å². The van der Waals surface area contributed by atoms with Crippen molar-refractivity contribution in [3.63, 3.8) is 0 Å². The van der Waals surface area contributed by atoms with E-state index >= 15 is 0 Å². The number of thiophene rings is 1. The van der Waals surface area contributed by atoms with Gasteiger partial charge in [0.2, 0.25) is 0 Å². The van der Waals surface area contributed by atoms with Crippen molar-refractivity contribution in [3.05, 3.63) is 65.0 Å². The summed E-state index contributed by atoms with van der Waals surface area (Å²) < 4.78 is 6.74. The first-order valence-electron chi connectivity index (χ1n) is 9.90. The smallest absolute Gasteiger partial charge is 0.191 e. The Labute approximate surface area is 175 Å². The summed E-state index contributed by atoms with van der Waals surface area (Å²) >= 11 is 1.63. The van der Waals surface area contributed by atoms with E-state index in [1.54, 1.807) is 25.5 Å². The van der Waals surface area contributed by atoms with E-state index in [0.29, 0.717) is 12.5 Å². The minimum absolute atomic E-state index is 0.0916. The van der Waals surface area contributed by atoms with Crippen LogP contribution in [0, 0.1) is 0 Å². The zero-order valence-corrected chi connectivity index (χ0v) is 17.6. The van der Waals surface area contributed by atoms with Gasteiger partial charge in [-0.1, -0.05) is 36.4 Å². The normalized spacial score (nSPS) is 16.4. The van der Waals surface area contributed by atoms with Gasteiger partial charge in [-0.05, 0) is 36.4 Å². The van der Waals surface area contributed by atoms with Crippen LogP contribution in [0.15, 0.2) is 59.6 Å². The van der Waals surface area contributed by atoms with E-state index in [2.05, 4.69) is 46.0 Å². The topological polar surface area (TPSA) is 65.9 Å². The Bertz CT molecular complexity index is 977.